The number of carbonyl (C=O) groups is 1. The maximum Gasteiger partial charge on any atom is 0.223 e. The van der Waals surface area contributed by atoms with E-state index in [1.165, 1.54) is 6.42 Å². The molecule has 110 valence electrons. The molecule has 1 amide bonds. The second-order valence-corrected chi connectivity index (χ2v) is 6.36. The topological polar surface area (TPSA) is 78.6 Å². The number of rotatable bonds is 4. The van der Waals surface area contributed by atoms with Crippen LogP contribution in [0.1, 0.15) is 32.1 Å². The van der Waals surface area contributed by atoms with E-state index in [-0.39, 0.29) is 11.8 Å². The van der Waals surface area contributed by atoms with Crippen molar-refractivity contribution in [2.75, 3.05) is 33.2 Å². The zero-order valence-corrected chi connectivity index (χ0v) is 11.9. The molecule has 0 spiro atoms. The van der Waals surface area contributed by atoms with Crippen molar-refractivity contribution in [2.24, 2.45) is 17.6 Å². The van der Waals surface area contributed by atoms with Crippen molar-refractivity contribution in [1.82, 2.24) is 10.2 Å². The summed E-state index contributed by atoms with van der Waals surface area (Å²) in [5.41, 5.74) is 4.83. The summed E-state index contributed by atoms with van der Waals surface area (Å²) in [7, 11) is 2.12. The summed E-state index contributed by atoms with van der Waals surface area (Å²) in [6, 6.07) is 0. The van der Waals surface area contributed by atoms with E-state index >= 15 is 0 Å². The van der Waals surface area contributed by atoms with Gasteiger partial charge >= 0.3 is 0 Å². The van der Waals surface area contributed by atoms with Crippen LogP contribution in [0.2, 0.25) is 0 Å². The first-order valence-corrected chi connectivity index (χ1v) is 7.41. The summed E-state index contributed by atoms with van der Waals surface area (Å²) in [6.07, 6.45) is 3.98. The van der Waals surface area contributed by atoms with Crippen molar-refractivity contribution in [3.63, 3.8) is 0 Å². The van der Waals surface area contributed by atoms with Gasteiger partial charge in [-0.1, -0.05) is 0 Å². The van der Waals surface area contributed by atoms with Crippen LogP contribution >= 0.6 is 0 Å². The summed E-state index contributed by atoms with van der Waals surface area (Å²) >= 11 is 0. The molecular formula is C14H27N3O2. The van der Waals surface area contributed by atoms with Gasteiger partial charge < -0.3 is 21.1 Å². The molecule has 1 saturated heterocycles. The molecule has 1 saturated carbocycles. The normalized spacial score (nSPS) is 36.4. The molecule has 0 aromatic carbocycles. The Morgan fingerprint density at radius 3 is 2.63 bits per heavy atom. The minimum absolute atomic E-state index is 0.0611. The van der Waals surface area contributed by atoms with Gasteiger partial charge in [0.15, 0.2) is 0 Å². The standard InChI is InChI=1S/C14H27N3O2/c1-17-7-4-11(9-17)8-16-13(18)12-2-5-14(19,10-15)6-3-12/h11-12,19H,2-10,15H2,1H3,(H,16,18). The lowest BCUT2D eigenvalue weighted by Crippen LogP contribution is -2.44. The molecule has 0 bridgehead atoms. The zero-order chi connectivity index (χ0) is 13.9. The molecule has 2 aliphatic rings. The van der Waals surface area contributed by atoms with Gasteiger partial charge in [-0.3, -0.25) is 4.79 Å². The molecule has 2 fully saturated rings. The van der Waals surface area contributed by atoms with Gasteiger partial charge in [0.1, 0.15) is 0 Å². The Morgan fingerprint density at radius 1 is 1.42 bits per heavy atom. The molecule has 1 heterocycles. The van der Waals surface area contributed by atoms with Crippen LogP contribution in [-0.4, -0.2) is 54.7 Å². The van der Waals surface area contributed by atoms with Crippen molar-refractivity contribution in [3.05, 3.63) is 0 Å². The fraction of sp³-hybridized carbons (Fsp3) is 0.929. The van der Waals surface area contributed by atoms with Crippen LogP contribution < -0.4 is 11.1 Å². The van der Waals surface area contributed by atoms with Crippen molar-refractivity contribution in [2.45, 2.75) is 37.7 Å². The molecule has 5 heteroatoms. The maximum atomic E-state index is 12.1. The van der Waals surface area contributed by atoms with Crippen LogP contribution in [-0.2, 0) is 4.79 Å². The molecular weight excluding hydrogens is 242 g/mol. The number of hydrogen-bond acceptors (Lipinski definition) is 4. The first-order chi connectivity index (χ1) is 9.02. The fourth-order valence-corrected chi connectivity index (χ4v) is 3.20. The van der Waals surface area contributed by atoms with Crippen molar-refractivity contribution >= 4 is 5.91 Å². The molecule has 1 aliphatic carbocycles. The lowest BCUT2D eigenvalue weighted by molar-refractivity contribution is -0.127. The van der Waals surface area contributed by atoms with E-state index < -0.39 is 5.60 Å². The predicted molar refractivity (Wildman–Crippen MR) is 74.6 cm³/mol. The molecule has 5 nitrogen and oxygen atoms in total. The molecule has 2 rings (SSSR count). The summed E-state index contributed by atoms with van der Waals surface area (Å²) in [4.78, 5) is 14.4. The monoisotopic (exact) mass is 269 g/mol. The number of hydrogen-bond donors (Lipinski definition) is 3. The van der Waals surface area contributed by atoms with E-state index in [1.807, 2.05) is 0 Å². The second kappa shape index (κ2) is 6.20. The summed E-state index contributed by atoms with van der Waals surface area (Å²) < 4.78 is 0. The Bertz CT molecular complexity index is 314. The molecule has 0 radical (unpaired) electrons. The Labute approximate surface area is 115 Å². The van der Waals surface area contributed by atoms with Crippen LogP contribution in [0.5, 0.6) is 0 Å². The van der Waals surface area contributed by atoms with E-state index in [4.69, 9.17) is 5.73 Å². The SMILES string of the molecule is CN1CCC(CNC(=O)C2CCC(O)(CN)CC2)C1. The lowest BCUT2D eigenvalue weighted by atomic mass is 9.78. The highest BCUT2D eigenvalue weighted by molar-refractivity contribution is 5.78. The van der Waals surface area contributed by atoms with Gasteiger partial charge in [0.25, 0.3) is 0 Å². The van der Waals surface area contributed by atoms with Crippen molar-refractivity contribution < 1.29 is 9.90 Å². The minimum atomic E-state index is -0.731. The zero-order valence-electron chi connectivity index (χ0n) is 11.9. The van der Waals surface area contributed by atoms with E-state index in [0.717, 1.165) is 32.5 Å². The number of nitrogens with one attached hydrogen (secondary N) is 1. The van der Waals surface area contributed by atoms with Gasteiger partial charge in [0, 0.05) is 25.6 Å². The minimum Gasteiger partial charge on any atom is -0.389 e. The molecule has 1 atom stereocenters. The first kappa shape index (κ1) is 14.8. The average molecular weight is 269 g/mol. The lowest BCUT2D eigenvalue weighted by Gasteiger charge is -2.34. The quantitative estimate of drug-likeness (QED) is 0.668. The second-order valence-electron chi connectivity index (χ2n) is 6.36. The molecule has 19 heavy (non-hydrogen) atoms. The van der Waals surface area contributed by atoms with Crippen LogP contribution in [0.15, 0.2) is 0 Å². The molecule has 0 aromatic heterocycles. The van der Waals surface area contributed by atoms with Crippen LogP contribution in [0.25, 0.3) is 0 Å². The molecule has 1 aliphatic heterocycles. The molecule has 4 N–H and O–H groups in total. The number of nitrogens with zero attached hydrogens (tertiary/aromatic N) is 1. The Morgan fingerprint density at radius 2 is 2.11 bits per heavy atom. The number of amides is 1. The number of nitrogens with two attached hydrogens (primary N) is 1. The number of aliphatic hydroxyl groups is 1. The largest absolute Gasteiger partial charge is 0.389 e. The van der Waals surface area contributed by atoms with Crippen molar-refractivity contribution in [1.29, 1.82) is 0 Å². The highest BCUT2D eigenvalue weighted by Crippen LogP contribution is 2.31. The van der Waals surface area contributed by atoms with E-state index in [1.54, 1.807) is 0 Å². The summed E-state index contributed by atoms with van der Waals surface area (Å²) in [6.45, 7) is 3.31. The Hall–Kier alpha value is -0.650. The third-order valence-electron chi connectivity index (χ3n) is 4.72. The number of carbonyl (C=O) groups excluding carboxylic acids is 1. The van der Waals surface area contributed by atoms with Crippen LogP contribution in [0.3, 0.4) is 0 Å². The van der Waals surface area contributed by atoms with Gasteiger partial charge in [-0.25, -0.2) is 0 Å². The van der Waals surface area contributed by atoms with Gasteiger partial charge in [-0.15, -0.1) is 0 Å². The summed E-state index contributed by atoms with van der Waals surface area (Å²) in [5.74, 6) is 0.818. The smallest absolute Gasteiger partial charge is 0.223 e. The summed E-state index contributed by atoms with van der Waals surface area (Å²) in [5, 5.41) is 13.1. The van der Waals surface area contributed by atoms with E-state index in [2.05, 4.69) is 17.3 Å². The van der Waals surface area contributed by atoms with E-state index in [0.29, 0.717) is 25.3 Å². The Balaban J connectivity index is 1.70. The van der Waals surface area contributed by atoms with Gasteiger partial charge in [-0.2, -0.15) is 0 Å². The maximum absolute atomic E-state index is 12.1. The first-order valence-electron chi connectivity index (χ1n) is 7.41. The van der Waals surface area contributed by atoms with Crippen molar-refractivity contribution in [3.8, 4) is 0 Å². The van der Waals surface area contributed by atoms with Crippen LogP contribution in [0, 0.1) is 11.8 Å². The highest BCUT2D eigenvalue weighted by Gasteiger charge is 2.34. The third kappa shape index (κ3) is 3.91. The average Bonchev–Trinajstić information content (AvgIpc) is 2.83. The highest BCUT2D eigenvalue weighted by atomic mass is 16.3. The predicted octanol–water partition coefficient (Wildman–Crippen LogP) is -0.0657. The fourth-order valence-electron chi connectivity index (χ4n) is 3.20. The number of likely N-dealkylation sites (tertiary alicyclic amines) is 1. The van der Waals surface area contributed by atoms with Crippen LogP contribution in [0.4, 0.5) is 0 Å². The Kier molecular flexibility index (Phi) is 4.81. The van der Waals surface area contributed by atoms with E-state index in [9.17, 15) is 9.90 Å². The van der Waals surface area contributed by atoms with Gasteiger partial charge in [-0.05, 0) is 51.6 Å². The third-order valence-corrected chi connectivity index (χ3v) is 4.72. The van der Waals surface area contributed by atoms with Gasteiger partial charge in [0.2, 0.25) is 5.91 Å². The van der Waals surface area contributed by atoms with Gasteiger partial charge in [0.05, 0.1) is 5.60 Å². The molecule has 1 unspecified atom stereocenters. The molecule has 0 aromatic rings.